The predicted octanol–water partition coefficient (Wildman–Crippen LogP) is 9.81. The Hall–Kier alpha value is -5.94. The molecule has 44 heavy (non-hydrogen) atoms. The lowest BCUT2D eigenvalue weighted by molar-refractivity contribution is 0.669. The molecular weight excluding hydrogens is 540 g/mol. The zero-order chi connectivity index (χ0) is 29.5. The first-order valence-electron chi connectivity index (χ1n) is 14.6. The molecule has 0 fully saturated rings. The first kappa shape index (κ1) is 25.7. The fourth-order valence-corrected chi connectivity index (χ4v) is 5.75. The van der Waals surface area contributed by atoms with E-state index in [1.807, 2.05) is 91.3 Å². The number of pyridine rings is 1. The molecule has 8 rings (SSSR count). The quantitative estimate of drug-likeness (QED) is 0.207. The highest BCUT2D eigenvalue weighted by atomic mass is 16.3. The summed E-state index contributed by atoms with van der Waals surface area (Å²) in [5.74, 6) is 1.78. The first-order chi connectivity index (χ1) is 21.7. The van der Waals surface area contributed by atoms with E-state index >= 15 is 0 Å². The van der Waals surface area contributed by atoms with Gasteiger partial charge in [-0.1, -0.05) is 97.1 Å². The number of hydrogen-bond donors (Lipinski definition) is 0. The van der Waals surface area contributed by atoms with Gasteiger partial charge in [-0.25, -0.2) is 15.0 Å². The van der Waals surface area contributed by atoms with Crippen LogP contribution in [0.1, 0.15) is 5.56 Å². The predicted molar refractivity (Wildman–Crippen MR) is 177 cm³/mol. The number of para-hydroxylation sites is 1. The number of aromatic nitrogens is 4. The van der Waals surface area contributed by atoms with E-state index in [1.54, 1.807) is 0 Å². The molecule has 0 aliphatic rings. The van der Waals surface area contributed by atoms with Crippen LogP contribution in [0.25, 0.3) is 78.4 Å². The Bertz CT molecular complexity index is 2230. The van der Waals surface area contributed by atoms with Crippen LogP contribution >= 0.6 is 0 Å². The molecule has 0 spiro atoms. The van der Waals surface area contributed by atoms with Gasteiger partial charge >= 0.3 is 0 Å². The molecule has 3 aromatic heterocycles. The second-order valence-electron chi connectivity index (χ2n) is 10.8. The van der Waals surface area contributed by atoms with Gasteiger partial charge in [-0.15, -0.1) is 0 Å². The van der Waals surface area contributed by atoms with E-state index in [0.29, 0.717) is 17.5 Å². The molecule has 0 bridgehead atoms. The monoisotopic (exact) mass is 566 g/mol. The summed E-state index contributed by atoms with van der Waals surface area (Å²) in [5, 5.41) is 2.06. The fourth-order valence-electron chi connectivity index (χ4n) is 5.75. The van der Waals surface area contributed by atoms with Crippen molar-refractivity contribution in [3.05, 3.63) is 145 Å². The molecule has 0 radical (unpaired) electrons. The van der Waals surface area contributed by atoms with E-state index in [1.165, 1.54) is 0 Å². The summed E-state index contributed by atoms with van der Waals surface area (Å²) < 4.78 is 6.52. The topological polar surface area (TPSA) is 64.7 Å². The van der Waals surface area contributed by atoms with Crippen molar-refractivity contribution in [2.24, 2.45) is 0 Å². The molecule has 0 saturated heterocycles. The third-order valence-corrected chi connectivity index (χ3v) is 7.95. The normalized spacial score (nSPS) is 11.3. The zero-order valence-corrected chi connectivity index (χ0v) is 24.0. The van der Waals surface area contributed by atoms with Crippen molar-refractivity contribution in [2.75, 3.05) is 0 Å². The van der Waals surface area contributed by atoms with Crippen LogP contribution in [-0.2, 0) is 0 Å². The molecular formula is C39H26N4O. The van der Waals surface area contributed by atoms with E-state index in [-0.39, 0.29) is 0 Å². The first-order valence-corrected chi connectivity index (χ1v) is 14.6. The van der Waals surface area contributed by atoms with Crippen LogP contribution in [0.2, 0.25) is 0 Å². The second kappa shape index (κ2) is 10.7. The molecule has 0 amide bonds. The van der Waals surface area contributed by atoms with Crippen LogP contribution in [0.3, 0.4) is 0 Å². The van der Waals surface area contributed by atoms with Crippen molar-refractivity contribution in [1.82, 2.24) is 19.9 Å². The van der Waals surface area contributed by atoms with Crippen molar-refractivity contribution < 1.29 is 4.42 Å². The van der Waals surface area contributed by atoms with Gasteiger partial charge in [-0.05, 0) is 65.1 Å². The summed E-state index contributed by atoms with van der Waals surface area (Å²) in [6, 6.07) is 43.2. The minimum absolute atomic E-state index is 0.560. The summed E-state index contributed by atoms with van der Waals surface area (Å²) in [5.41, 5.74) is 9.81. The lowest BCUT2D eigenvalue weighted by Crippen LogP contribution is -2.00. The molecule has 0 unspecified atom stereocenters. The van der Waals surface area contributed by atoms with Gasteiger partial charge < -0.3 is 4.42 Å². The number of rotatable bonds is 5. The van der Waals surface area contributed by atoms with Crippen LogP contribution < -0.4 is 0 Å². The van der Waals surface area contributed by atoms with E-state index in [9.17, 15) is 0 Å². The Labute approximate surface area is 254 Å². The van der Waals surface area contributed by atoms with Crippen molar-refractivity contribution >= 4 is 21.9 Å². The van der Waals surface area contributed by atoms with Crippen molar-refractivity contribution in [2.45, 2.75) is 6.92 Å². The SMILES string of the molecule is Cc1cnccc1-c1cccc(-c2cc(-c3nc(-c4ccccc4)nc(-c4ccccc4)n3)c3oc4ccccc4c3c2)c1. The number of benzene rings is 5. The zero-order valence-electron chi connectivity index (χ0n) is 24.0. The third kappa shape index (κ3) is 4.61. The second-order valence-corrected chi connectivity index (χ2v) is 10.8. The van der Waals surface area contributed by atoms with Crippen molar-refractivity contribution in [1.29, 1.82) is 0 Å². The fraction of sp³-hybridized carbons (Fsp3) is 0.0256. The number of hydrogen-bond acceptors (Lipinski definition) is 5. The Morgan fingerprint density at radius 3 is 1.84 bits per heavy atom. The number of furan rings is 1. The van der Waals surface area contributed by atoms with Gasteiger partial charge in [0.2, 0.25) is 0 Å². The maximum Gasteiger partial charge on any atom is 0.167 e. The average molecular weight is 567 g/mol. The van der Waals surface area contributed by atoms with Gasteiger partial charge in [0.15, 0.2) is 17.5 Å². The summed E-state index contributed by atoms with van der Waals surface area (Å²) >= 11 is 0. The molecule has 5 heteroatoms. The number of fused-ring (bicyclic) bond motifs is 3. The van der Waals surface area contributed by atoms with E-state index < -0.39 is 0 Å². The molecule has 0 saturated carbocycles. The Morgan fingerprint density at radius 1 is 0.477 bits per heavy atom. The lowest BCUT2D eigenvalue weighted by Gasteiger charge is -2.12. The maximum absolute atomic E-state index is 6.52. The van der Waals surface area contributed by atoms with Crippen LogP contribution in [-0.4, -0.2) is 19.9 Å². The van der Waals surface area contributed by atoms with Gasteiger partial charge in [-0.2, -0.15) is 0 Å². The van der Waals surface area contributed by atoms with Crippen LogP contribution in [0, 0.1) is 6.92 Å². The highest BCUT2D eigenvalue weighted by molar-refractivity contribution is 6.11. The Kier molecular flexibility index (Phi) is 6.27. The highest BCUT2D eigenvalue weighted by Gasteiger charge is 2.20. The molecule has 8 aromatic rings. The molecule has 0 aliphatic heterocycles. The van der Waals surface area contributed by atoms with E-state index in [4.69, 9.17) is 19.4 Å². The third-order valence-electron chi connectivity index (χ3n) is 7.95. The summed E-state index contributed by atoms with van der Waals surface area (Å²) in [6.07, 6.45) is 3.74. The van der Waals surface area contributed by atoms with E-state index in [2.05, 4.69) is 60.4 Å². The average Bonchev–Trinajstić information content (AvgIpc) is 3.47. The Morgan fingerprint density at radius 2 is 1.11 bits per heavy atom. The largest absolute Gasteiger partial charge is 0.455 e. The lowest BCUT2D eigenvalue weighted by atomic mass is 9.95. The standard InChI is InChI=1S/C39H26N4O/c1-25-24-40-20-19-31(25)29-16-10-15-28(21-29)30-22-33-32-17-8-9-18-35(32)44-36(33)34(23-30)39-42-37(26-11-4-2-5-12-26)41-38(43-39)27-13-6-3-7-14-27/h2-24H,1H3. The van der Waals surface area contributed by atoms with Crippen LogP contribution in [0.5, 0.6) is 0 Å². The number of aryl methyl sites for hydroxylation is 1. The van der Waals surface area contributed by atoms with Gasteiger partial charge in [0, 0.05) is 34.3 Å². The molecule has 0 N–H and O–H groups in total. The molecule has 0 atom stereocenters. The van der Waals surface area contributed by atoms with Gasteiger partial charge in [0.25, 0.3) is 0 Å². The molecule has 0 aliphatic carbocycles. The highest BCUT2D eigenvalue weighted by Crippen LogP contribution is 2.40. The van der Waals surface area contributed by atoms with E-state index in [0.717, 1.165) is 66.4 Å². The van der Waals surface area contributed by atoms with Gasteiger partial charge in [0.1, 0.15) is 11.2 Å². The minimum atomic E-state index is 0.560. The molecule has 5 nitrogen and oxygen atoms in total. The van der Waals surface area contributed by atoms with Gasteiger partial charge in [-0.3, -0.25) is 4.98 Å². The maximum atomic E-state index is 6.52. The van der Waals surface area contributed by atoms with Gasteiger partial charge in [0.05, 0.1) is 5.56 Å². The molecule has 208 valence electrons. The summed E-state index contributed by atoms with van der Waals surface area (Å²) in [7, 11) is 0. The molecule has 5 aromatic carbocycles. The molecule has 3 heterocycles. The number of nitrogens with zero attached hydrogens (tertiary/aromatic N) is 4. The summed E-state index contributed by atoms with van der Waals surface area (Å²) in [6.45, 7) is 2.09. The van der Waals surface area contributed by atoms with Crippen LogP contribution in [0.4, 0.5) is 0 Å². The Balaban J connectivity index is 1.40. The van der Waals surface area contributed by atoms with Crippen LogP contribution in [0.15, 0.2) is 144 Å². The smallest absolute Gasteiger partial charge is 0.167 e. The minimum Gasteiger partial charge on any atom is -0.455 e. The summed E-state index contributed by atoms with van der Waals surface area (Å²) in [4.78, 5) is 19.3. The van der Waals surface area contributed by atoms with Crippen molar-refractivity contribution in [3.63, 3.8) is 0 Å². The van der Waals surface area contributed by atoms with Crippen molar-refractivity contribution in [3.8, 4) is 56.4 Å².